The second kappa shape index (κ2) is 5.13. The van der Waals surface area contributed by atoms with Crippen LogP contribution in [-0.2, 0) is 11.3 Å². The monoisotopic (exact) mass is 310 g/mol. The van der Waals surface area contributed by atoms with E-state index in [9.17, 15) is 4.79 Å². The highest BCUT2D eigenvalue weighted by Gasteiger charge is 2.06. The second-order valence-electron chi connectivity index (χ2n) is 3.68. The number of amides is 1. The molecule has 0 spiro atoms. The molecule has 0 atom stereocenters. The van der Waals surface area contributed by atoms with Crippen LogP contribution in [0, 0.1) is 6.92 Å². The minimum absolute atomic E-state index is 0.0549. The molecule has 0 aliphatic carbocycles. The van der Waals surface area contributed by atoms with Crippen LogP contribution in [0.3, 0.4) is 0 Å². The third kappa shape index (κ3) is 3.04. The molecule has 0 aliphatic rings. The molecule has 0 radical (unpaired) electrons. The van der Waals surface area contributed by atoms with Gasteiger partial charge in [-0.15, -0.1) is 5.10 Å². The molecule has 2 aromatic rings. The Morgan fingerprint density at radius 1 is 1.56 bits per heavy atom. The number of carbonyl (C=O) groups excluding carboxylic acids is 1. The summed E-state index contributed by atoms with van der Waals surface area (Å²) in [4.78, 5) is 19.5. The summed E-state index contributed by atoms with van der Waals surface area (Å²) in [5, 5.41) is 6.54. The van der Waals surface area contributed by atoms with Gasteiger partial charge in [-0.25, -0.2) is 14.6 Å². The van der Waals surface area contributed by atoms with Gasteiger partial charge in [0.2, 0.25) is 11.9 Å². The minimum atomic E-state index is -0.219. The molecule has 18 heavy (non-hydrogen) atoms. The normalized spacial score (nSPS) is 10.3. The molecular weight excluding hydrogens is 300 g/mol. The van der Waals surface area contributed by atoms with Gasteiger partial charge >= 0.3 is 0 Å². The van der Waals surface area contributed by atoms with Crippen LogP contribution in [0.5, 0.6) is 0 Å². The van der Waals surface area contributed by atoms with E-state index in [-0.39, 0.29) is 18.4 Å². The molecule has 0 aromatic carbocycles. The summed E-state index contributed by atoms with van der Waals surface area (Å²) in [6, 6.07) is 1.82. The Bertz CT molecular complexity index is 581. The highest BCUT2D eigenvalue weighted by Crippen LogP contribution is 2.16. The molecule has 7 nitrogen and oxygen atoms in total. The lowest BCUT2D eigenvalue weighted by atomic mass is 10.3. The number of nitrogens with two attached hydrogens (primary N) is 1. The number of rotatable bonds is 3. The Morgan fingerprint density at radius 3 is 2.94 bits per heavy atom. The van der Waals surface area contributed by atoms with Gasteiger partial charge in [-0.2, -0.15) is 0 Å². The van der Waals surface area contributed by atoms with Crippen LogP contribution in [0.1, 0.15) is 5.56 Å². The molecule has 94 valence electrons. The van der Waals surface area contributed by atoms with Crippen LogP contribution < -0.4 is 11.1 Å². The van der Waals surface area contributed by atoms with E-state index in [0.29, 0.717) is 5.69 Å². The zero-order valence-electron chi connectivity index (χ0n) is 9.59. The Morgan fingerprint density at radius 2 is 2.33 bits per heavy atom. The maximum Gasteiger partial charge on any atom is 0.246 e. The number of pyridine rings is 1. The summed E-state index contributed by atoms with van der Waals surface area (Å²) in [5.74, 6) is -0.0765. The fourth-order valence-electron chi connectivity index (χ4n) is 1.36. The van der Waals surface area contributed by atoms with Crippen molar-refractivity contribution in [1.29, 1.82) is 0 Å². The first-order chi connectivity index (χ1) is 8.54. The van der Waals surface area contributed by atoms with Crippen LogP contribution in [0.15, 0.2) is 23.2 Å². The largest absolute Gasteiger partial charge is 0.367 e. The van der Waals surface area contributed by atoms with Gasteiger partial charge in [0.05, 0.1) is 11.9 Å². The van der Waals surface area contributed by atoms with Gasteiger partial charge in [0.15, 0.2) is 0 Å². The minimum Gasteiger partial charge on any atom is -0.367 e. The Hall–Kier alpha value is -1.96. The first kappa shape index (κ1) is 12.5. The van der Waals surface area contributed by atoms with Gasteiger partial charge in [-0.1, -0.05) is 0 Å². The highest BCUT2D eigenvalue weighted by atomic mass is 79.9. The molecule has 1 amide bonds. The van der Waals surface area contributed by atoms with Gasteiger partial charge in [-0.3, -0.25) is 4.79 Å². The third-order valence-electron chi connectivity index (χ3n) is 2.16. The molecule has 0 fully saturated rings. The van der Waals surface area contributed by atoms with Crippen molar-refractivity contribution in [3.05, 3.63) is 28.8 Å². The average Bonchev–Trinajstić information content (AvgIpc) is 2.69. The molecule has 3 N–H and O–H groups in total. The van der Waals surface area contributed by atoms with Gasteiger partial charge in [0, 0.05) is 0 Å². The van der Waals surface area contributed by atoms with Crippen molar-refractivity contribution in [1.82, 2.24) is 19.7 Å². The van der Waals surface area contributed by atoms with E-state index in [4.69, 9.17) is 5.73 Å². The van der Waals surface area contributed by atoms with E-state index in [1.807, 2.05) is 13.0 Å². The Kier molecular flexibility index (Phi) is 3.56. The number of nitrogens with one attached hydrogen (secondary N) is 1. The summed E-state index contributed by atoms with van der Waals surface area (Å²) in [6.07, 6.45) is 2.98. The molecule has 2 heterocycles. The second-order valence-corrected chi connectivity index (χ2v) is 4.43. The maximum atomic E-state index is 11.7. The predicted molar refractivity (Wildman–Crippen MR) is 69.7 cm³/mol. The lowest BCUT2D eigenvalue weighted by Gasteiger charge is -2.06. The SMILES string of the molecule is Cc1cc(NC(=O)Cn2cnc(N)n2)cnc1Br. The number of anilines is 2. The number of aryl methyl sites for hydroxylation is 1. The standard InChI is InChI=1S/C10H11BrN6O/c1-6-2-7(3-13-9(6)11)15-8(18)4-17-5-14-10(12)16-17/h2-3,5H,4H2,1H3,(H2,12,16)(H,15,18). The van der Waals surface area contributed by atoms with Gasteiger partial charge < -0.3 is 11.1 Å². The molecular formula is C10H11BrN6O. The van der Waals surface area contributed by atoms with E-state index in [0.717, 1.165) is 10.2 Å². The van der Waals surface area contributed by atoms with E-state index in [2.05, 4.69) is 36.3 Å². The number of nitrogens with zero attached hydrogens (tertiary/aromatic N) is 4. The number of aromatic nitrogens is 4. The van der Waals surface area contributed by atoms with Gasteiger partial charge in [-0.05, 0) is 34.5 Å². The summed E-state index contributed by atoms with van der Waals surface area (Å²) < 4.78 is 2.12. The molecule has 2 aromatic heterocycles. The van der Waals surface area contributed by atoms with Crippen molar-refractivity contribution in [2.45, 2.75) is 13.5 Å². The van der Waals surface area contributed by atoms with E-state index in [1.165, 1.54) is 11.0 Å². The average molecular weight is 311 g/mol. The first-order valence-corrected chi connectivity index (χ1v) is 5.91. The lowest BCUT2D eigenvalue weighted by Crippen LogP contribution is -2.19. The highest BCUT2D eigenvalue weighted by molar-refractivity contribution is 9.10. The quantitative estimate of drug-likeness (QED) is 0.823. The van der Waals surface area contributed by atoms with Crippen LogP contribution in [0.2, 0.25) is 0 Å². The Labute approximate surface area is 112 Å². The van der Waals surface area contributed by atoms with Crippen molar-refractivity contribution < 1.29 is 4.79 Å². The Balaban J connectivity index is 2.00. The van der Waals surface area contributed by atoms with Crippen molar-refractivity contribution in [2.75, 3.05) is 11.1 Å². The fourth-order valence-corrected chi connectivity index (χ4v) is 1.58. The molecule has 2 rings (SSSR count). The topological polar surface area (TPSA) is 98.7 Å². The number of hydrogen-bond donors (Lipinski definition) is 2. The van der Waals surface area contributed by atoms with Crippen LogP contribution in [0.25, 0.3) is 0 Å². The smallest absolute Gasteiger partial charge is 0.246 e. The maximum absolute atomic E-state index is 11.7. The van der Waals surface area contributed by atoms with Gasteiger partial charge in [0.1, 0.15) is 17.5 Å². The number of hydrogen-bond acceptors (Lipinski definition) is 5. The van der Waals surface area contributed by atoms with Crippen molar-refractivity contribution in [2.24, 2.45) is 0 Å². The van der Waals surface area contributed by atoms with Crippen LogP contribution in [-0.4, -0.2) is 25.7 Å². The molecule has 0 aliphatic heterocycles. The summed E-state index contributed by atoms with van der Waals surface area (Å²) >= 11 is 3.29. The van der Waals surface area contributed by atoms with Crippen molar-refractivity contribution in [3.63, 3.8) is 0 Å². The zero-order chi connectivity index (χ0) is 13.1. The molecule has 0 saturated carbocycles. The summed E-state index contributed by atoms with van der Waals surface area (Å²) in [6.45, 7) is 1.95. The number of nitrogen functional groups attached to an aromatic ring is 1. The van der Waals surface area contributed by atoms with Crippen LogP contribution in [0.4, 0.5) is 11.6 Å². The van der Waals surface area contributed by atoms with Crippen molar-refractivity contribution in [3.8, 4) is 0 Å². The van der Waals surface area contributed by atoms with E-state index >= 15 is 0 Å². The summed E-state index contributed by atoms with van der Waals surface area (Å²) in [7, 11) is 0. The molecule has 0 saturated heterocycles. The number of halogens is 1. The lowest BCUT2D eigenvalue weighted by molar-refractivity contribution is -0.116. The number of carbonyl (C=O) groups is 1. The zero-order valence-corrected chi connectivity index (χ0v) is 11.2. The van der Waals surface area contributed by atoms with Crippen molar-refractivity contribution >= 4 is 33.5 Å². The van der Waals surface area contributed by atoms with Crippen LogP contribution >= 0.6 is 15.9 Å². The molecule has 0 bridgehead atoms. The predicted octanol–water partition coefficient (Wildman–Crippen LogP) is 0.965. The fraction of sp³-hybridized carbons (Fsp3) is 0.200. The van der Waals surface area contributed by atoms with E-state index in [1.54, 1.807) is 6.20 Å². The van der Waals surface area contributed by atoms with E-state index < -0.39 is 0 Å². The molecule has 8 heteroatoms. The van der Waals surface area contributed by atoms with Gasteiger partial charge in [0.25, 0.3) is 0 Å². The first-order valence-electron chi connectivity index (χ1n) is 5.11. The molecule has 0 unspecified atom stereocenters. The third-order valence-corrected chi connectivity index (χ3v) is 2.99. The summed E-state index contributed by atoms with van der Waals surface area (Å²) in [5.41, 5.74) is 6.93.